The van der Waals surface area contributed by atoms with Gasteiger partial charge in [-0.3, -0.25) is 0 Å². The van der Waals surface area contributed by atoms with Crippen molar-refractivity contribution in [3.63, 3.8) is 0 Å². The second-order valence-electron chi connectivity index (χ2n) is 7.01. The summed E-state index contributed by atoms with van der Waals surface area (Å²) in [6.07, 6.45) is 0. The fraction of sp³-hybridized carbons (Fsp3) is 0.318. The first kappa shape index (κ1) is 17.1. The fourth-order valence-corrected chi connectivity index (χ4v) is 3.89. The van der Waals surface area contributed by atoms with E-state index in [0.29, 0.717) is 17.2 Å². The molecule has 0 radical (unpaired) electrons. The summed E-state index contributed by atoms with van der Waals surface area (Å²) in [7, 11) is 1.64. The molecule has 6 heteroatoms. The molecule has 2 aliphatic rings. The number of hydrogen-bond donors (Lipinski definition) is 0. The molecule has 1 fully saturated rings. The maximum absolute atomic E-state index is 5.59. The Morgan fingerprint density at radius 1 is 1.07 bits per heavy atom. The van der Waals surface area contributed by atoms with Crippen LogP contribution in [-0.2, 0) is 4.74 Å². The Hall–Kier alpha value is -2.99. The van der Waals surface area contributed by atoms with Gasteiger partial charge >= 0.3 is 0 Å². The third-order valence-electron chi connectivity index (χ3n) is 5.33. The number of aryl methyl sites for hydroxylation is 1. The van der Waals surface area contributed by atoms with Crippen molar-refractivity contribution >= 4 is 16.6 Å². The molecule has 3 aromatic rings. The number of nitrogens with zero attached hydrogens (tertiary/aromatic N) is 2. The Bertz CT molecular complexity index is 1040. The summed E-state index contributed by atoms with van der Waals surface area (Å²) in [6, 6.07) is 12.4. The van der Waals surface area contributed by atoms with Gasteiger partial charge < -0.3 is 23.8 Å². The summed E-state index contributed by atoms with van der Waals surface area (Å²) in [5.41, 5.74) is 5.19. The first-order chi connectivity index (χ1) is 13.7. The molecule has 1 aromatic heterocycles. The van der Waals surface area contributed by atoms with Gasteiger partial charge in [0.25, 0.3) is 0 Å². The normalized spacial score (nSPS) is 15.9. The third kappa shape index (κ3) is 2.81. The zero-order valence-corrected chi connectivity index (χ0v) is 16.0. The van der Waals surface area contributed by atoms with Crippen LogP contribution in [-0.4, -0.2) is 45.2 Å². The van der Waals surface area contributed by atoms with Crippen LogP contribution in [0, 0.1) is 6.92 Å². The first-order valence-corrected chi connectivity index (χ1v) is 9.45. The number of methoxy groups -OCH3 is 1. The van der Waals surface area contributed by atoms with Gasteiger partial charge in [0.15, 0.2) is 11.5 Å². The lowest BCUT2D eigenvalue weighted by Crippen LogP contribution is -2.36. The Kier molecular flexibility index (Phi) is 4.20. The highest BCUT2D eigenvalue weighted by atomic mass is 16.7. The van der Waals surface area contributed by atoms with Gasteiger partial charge in [-0.1, -0.05) is 12.1 Å². The summed E-state index contributed by atoms with van der Waals surface area (Å²) in [6.45, 7) is 5.58. The van der Waals surface area contributed by atoms with E-state index in [2.05, 4.69) is 36.1 Å². The molecule has 144 valence electrons. The molecular weight excluding hydrogens is 356 g/mol. The van der Waals surface area contributed by atoms with Crippen molar-refractivity contribution in [3.8, 4) is 28.5 Å². The molecule has 0 bridgehead atoms. The van der Waals surface area contributed by atoms with E-state index < -0.39 is 0 Å². The maximum Gasteiger partial charge on any atom is 0.231 e. The molecule has 2 aliphatic heterocycles. The number of hydrogen-bond acceptors (Lipinski definition) is 6. The van der Waals surface area contributed by atoms with Crippen LogP contribution in [0.25, 0.3) is 22.2 Å². The number of aromatic nitrogens is 1. The molecule has 6 nitrogen and oxygen atoms in total. The van der Waals surface area contributed by atoms with Crippen molar-refractivity contribution < 1.29 is 18.9 Å². The van der Waals surface area contributed by atoms with E-state index in [1.54, 1.807) is 7.11 Å². The lowest BCUT2D eigenvalue weighted by molar-refractivity contribution is 0.123. The predicted octanol–water partition coefficient (Wildman–Crippen LogP) is 3.78. The lowest BCUT2D eigenvalue weighted by Gasteiger charge is -2.29. The van der Waals surface area contributed by atoms with Gasteiger partial charge in [0.05, 0.1) is 37.2 Å². The third-order valence-corrected chi connectivity index (χ3v) is 5.33. The monoisotopic (exact) mass is 378 g/mol. The number of fused-ring (bicyclic) bond motifs is 2. The van der Waals surface area contributed by atoms with Crippen LogP contribution in [0.2, 0.25) is 0 Å². The molecule has 3 heterocycles. The Balaban J connectivity index is 1.67. The Morgan fingerprint density at radius 3 is 2.75 bits per heavy atom. The van der Waals surface area contributed by atoms with E-state index in [1.165, 1.54) is 10.9 Å². The zero-order valence-electron chi connectivity index (χ0n) is 16.0. The largest absolute Gasteiger partial charge is 0.493 e. The summed E-state index contributed by atoms with van der Waals surface area (Å²) >= 11 is 0. The topological polar surface area (TPSA) is 53.1 Å². The van der Waals surface area contributed by atoms with Crippen LogP contribution in [0.3, 0.4) is 0 Å². The van der Waals surface area contributed by atoms with Crippen molar-refractivity contribution in [2.45, 2.75) is 6.92 Å². The van der Waals surface area contributed by atoms with Gasteiger partial charge in [-0.2, -0.15) is 0 Å². The van der Waals surface area contributed by atoms with Crippen LogP contribution in [0.4, 0.5) is 5.69 Å². The average Bonchev–Trinajstić information content (AvgIpc) is 3.22. The summed E-state index contributed by atoms with van der Waals surface area (Å²) in [5.74, 6) is 2.00. The van der Waals surface area contributed by atoms with Gasteiger partial charge in [-0.05, 0) is 36.8 Å². The van der Waals surface area contributed by atoms with Gasteiger partial charge in [0, 0.05) is 24.0 Å². The molecule has 5 rings (SSSR count). The van der Waals surface area contributed by atoms with Gasteiger partial charge in [0.2, 0.25) is 12.5 Å². The minimum atomic E-state index is 0.209. The van der Waals surface area contributed by atoms with Crippen LogP contribution >= 0.6 is 0 Å². The quantitative estimate of drug-likeness (QED) is 0.691. The van der Waals surface area contributed by atoms with Crippen molar-refractivity contribution in [2.75, 3.05) is 45.1 Å². The van der Waals surface area contributed by atoms with E-state index >= 15 is 0 Å². The molecule has 0 amide bonds. The minimum absolute atomic E-state index is 0.209. The standard InChI is InChI=1S/C22H22N2O4/c1-14-10-17(15-11-19(25-2)22-20(12-15)27-13-28-22)23-21-16(14)4-3-5-18(21)24-6-8-26-9-7-24/h3-5,10-12H,6-9,13H2,1-2H3. The number of para-hydroxylation sites is 1. The maximum atomic E-state index is 5.59. The van der Waals surface area contributed by atoms with Crippen molar-refractivity contribution in [1.82, 2.24) is 4.98 Å². The van der Waals surface area contributed by atoms with Gasteiger partial charge in [-0.15, -0.1) is 0 Å². The SMILES string of the molecule is COc1cc(-c2cc(C)c3cccc(N4CCOCC4)c3n2)cc2c1OCO2. The summed E-state index contributed by atoms with van der Waals surface area (Å²) in [5, 5.41) is 1.17. The van der Waals surface area contributed by atoms with E-state index in [1.807, 2.05) is 12.1 Å². The van der Waals surface area contributed by atoms with Crippen LogP contribution in [0.15, 0.2) is 36.4 Å². The molecule has 0 saturated carbocycles. The van der Waals surface area contributed by atoms with Crippen molar-refractivity contribution in [3.05, 3.63) is 42.0 Å². The minimum Gasteiger partial charge on any atom is -0.493 e. The number of morpholine rings is 1. The number of anilines is 1. The summed E-state index contributed by atoms with van der Waals surface area (Å²) in [4.78, 5) is 7.40. The van der Waals surface area contributed by atoms with E-state index in [4.69, 9.17) is 23.9 Å². The second-order valence-corrected chi connectivity index (χ2v) is 7.01. The molecule has 2 aromatic carbocycles. The van der Waals surface area contributed by atoms with E-state index in [9.17, 15) is 0 Å². The highest BCUT2D eigenvalue weighted by Crippen LogP contribution is 2.44. The smallest absolute Gasteiger partial charge is 0.231 e. The molecule has 0 spiro atoms. The van der Waals surface area contributed by atoms with Crippen LogP contribution in [0.1, 0.15) is 5.56 Å². The van der Waals surface area contributed by atoms with Gasteiger partial charge in [-0.25, -0.2) is 4.98 Å². The number of pyridine rings is 1. The van der Waals surface area contributed by atoms with Crippen LogP contribution < -0.4 is 19.1 Å². The highest BCUT2D eigenvalue weighted by Gasteiger charge is 2.22. The number of ether oxygens (including phenoxy) is 4. The average molecular weight is 378 g/mol. The number of rotatable bonds is 3. The summed E-state index contributed by atoms with van der Waals surface area (Å²) < 4.78 is 22.1. The van der Waals surface area contributed by atoms with Crippen molar-refractivity contribution in [2.24, 2.45) is 0 Å². The van der Waals surface area contributed by atoms with Crippen molar-refractivity contribution in [1.29, 1.82) is 0 Å². The molecule has 28 heavy (non-hydrogen) atoms. The fourth-order valence-electron chi connectivity index (χ4n) is 3.89. The predicted molar refractivity (Wildman–Crippen MR) is 108 cm³/mol. The van der Waals surface area contributed by atoms with Crippen LogP contribution in [0.5, 0.6) is 17.2 Å². The van der Waals surface area contributed by atoms with E-state index in [0.717, 1.165) is 48.8 Å². The lowest BCUT2D eigenvalue weighted by atomic mass is 10.0. The highest BCUT2D eigenvalue weighted by molar-refractivity contribution is 5.95. The van der Waals surface area contributed by atoms with Gasteiger partial charge in [0.1, 0.15) is 0 Å². The molecule has 0 aliphatic carbocycles. The zero-order chi connectivity index (χ0) is 19.1. The molecule has 0 atom stereocenters. The molecule has 0 N–H and O–H groups in total. The Morgan fingerprint density at radius 2 is 1.93 bits per heavy atom. The molecule has 0 unspecified atom stereocenters. The number of benzene rings is 2. The molecular formula is C22H22N2O4. The first-order valence-electron chi connectivity index (χ1n) is 9.45. The molecule has 1 saturated heterocycles. The Labute approximate surface area is 163 Å². The van der Waals surface area contributed by atoms with E-state index in [-0.39, 0.29) is 6.79 Å². The second kappa shape index (κ2) is 6.87.